The first kappa shape index (κ1) is 15.6. The Kier molecular flexibility index (Phi) is 3.87. The second-order valence-electron chi connectivity index (χ2n) is 6.58. The first-order chi connectivity index (χ1) is 12.1. The maximum atomic E-state index is 12.9. The van der Waals surface area contributed by atoms with E-state index in [9.17, 15) is 4.79 Å². The number of likely N-dealkylation sites (tertiary alicyclic amines) is 1. The van der Waals surface area contributed by atoms with Gasteiger partial charge in [-0.2, -0.15) is 0 Å². The normalized spacial score (nSPS) is 17.2. The molecule has 1 atom stereocenters. The Morgan fingerprint density at radius 3 is 2.92 bits per heavy atom. The maximum Gasteiger partial charge on any atom is 0.255 e. The van der Waals surface area contributed by atoms with E-state index in [4.69, 9.17) is 4.98 Å². The molecule has 25 heavy (non-hydrogen) atoms. The molecular formula is C19H21N5O. The Morgan fingerprint density at radius 1 is 1.28 bits per heavy atom. The molecule has 4 heterocycles. The van der Waals surface area contributed by atoms with E-state index in [-0.39, 0.29) is 11.9 Å². The van der Waals surface area contributed by atoms with Crippen LogP contribution in [0.25, 0.3) is 5.52 Å². The van der Waals surface area contributed by atoms with Crippen molar-refractivity contribution < 1.29 is 4.79 Å². The molecule has 1 saturated heterocycles. The summed E-state index contributed by atoms with van der Waals surface area (Å²) < 4.78 is 2.09. The summed E-state index contributed by atoms with van der Waals surface area (Å²) in [6.07, 6.45) is 9.30. The van der Waals surface area contributed by atoms with Gasteiger partial charge in [-0.15, -0.1) is 0 Å². The summed E-state index contributed by atoms with van der Waals surface area (Å²) in [4.78, 5) is 25.8. The van der Waals surface area contributed by atoms with Gasteiger partial charge >= 0.3 is 0 Å². The summed E-state index contributed by atoms with van der Waals surface area (Å²) in [5.41, 5.74) is 2.63. The number of hydrogen-bond donors (Lipinski definition) is 0. The highest BCUT2D eigenvalue weighted by atomic mass is 16.2. The summed E-state index contributed by atoms with van der Waals surface area (Å²) in [5.74, 6) is 0.944. The van der Waals surface area contributed by atoms with Gasteiger partial charge in [0.05, 0.1) is 22.8 Å². The summed E-state index contributed by atoms with van der Waals surface area (Å²) in [5, 5.41) is 0. The fraction of sp³-hybridized carbons (Fsp3) is 0.316. The highest BCUT2D eigenvalue weighted by Crippen LogP contribution is 2.33. The van der Waals surface area contributed by atoms with Crippen molar-refractivity contribution in [1.82, 2.24) is 19.3 Å². The van der Waals surface area contributed by atoms with Crippen LogP contribution in [0.15, 0.2) is 49.1 Å². The van der Waals surface area contributed by atoms with E-state index >= 15 is 0 Å². The molecule has 1 aliphatic heterocycles. The van der Waals surface area contributed by atoms with Crippen molar-refractivity contribution in [2.75, 3.05) is 25.5 Å². The average Bonchev–Trinajstić information content (AvgIpc) is 3.29. The fourth-order valence-electron chi connectivity index (χ4n) is 3.51. The minimum atomic E-state index is -0.00166. The lowest BCUT2D eigenvalue weighted by atomic mass is 10.1. The van der Waals surface area contributed by atoms with Crippen LogP contribution in [0.4, 0.5) is 5.82 Å². The largest absolute Gasteiger partial charge is 0.361 e. The summed E-state index contributed by atoms with van der Waals surface area (Å²) in [7, 11) is 3.98. The number of amides is 1. The molecule has 1 fully saturated rings. The van der Waals surface area contributed by atoms with Crippen molar-refractivity contribution in [3.8, 4) is 0 Å². The van der Waals surface area contributed by atoms with E-state index in [1.54, 1.807) is 18.5 Å². The molecule has 1 amide bonds. The molecular weight excluding hydrogens is 314 g/mol. The van der Waals surface area contributed by atoms with E-state index in [0.29, 0.717) is 5.56 Å². The molecule has 0 radical (unpaired) electrons. The van der Waals surface area contributed by atoms with Gasteiger partial charge in [0.2, 0.25) is 0 Å². The number of nitrogens with zero attached hydrogens (tertiary/aromatic N) is 5. The lowest BCUT2D eigenvalue weighted by Crippen LogP contribution is -2.31. The summed E-state index contributed by atoms with van der Waals surface area (Å²) >= 11 is 0. The van der Waals surface area contributed by atoms with Crippen molar-refractivity contribution in [2.24, 2.45) is 0 Å². The van der Waals surface area contributed by atoms with Gasteiger partial charge in [0.15, 0.2) is 5.82 Å². The topological polar surface area (TPSA) is 53.7 Å². The zero-order valence-corrected chi connectivity index (χ0v) is 14.5. The average molecular weight is 335 g/mol. The number of aromatic nitrogens is 3. The Labute approximate surface area is 146 Å². The SMILES string of the molecule is CN(C)c1nc([C@H]2CCCN2C(=O)c2cccnc2)cn2cccc12. The lowest BCUT2D eigenvalue weighted by Gasteiger charge is -2.25. The molecule has 1 aliphatic rings. The molecule has 0 aromatic carbocycles. The number of carbonyl (C=O) groups excluding carboxylic acids is 1. The number of rotatable bonds is 3. The van der Waals surface area contributed by atoms with Gasteiger partial charge in [0.25, 0.3) is 5.91 Å². The van der Waals surface area contributed by atoms with Gasteiger partial charge < -0.3 is 14.2 Å². The van der Waals surface area contributed by atoms with E-state index in [0.717, 1.165) is 36.4 Å². The van der Waals surface area contributed by atoms with Gasteiger partial charge in [0.1, 0.15) is 0 Å². The minimum Gasteiger partial charge on any atom is -0.361 e. The second kappa shape index (κ2) is 6.20. The van der Waals surface area contributed by atoms with Gasteiger partial charge in [-0.25, -0.2) is 4.98 Å². The molecule has 3 aromatic heterocycles. The first-order valence-corrected chi connectivity index (χ1v) is 8.51. The monoisotopic (exact) mass is 335 g/mol. The second-order valence-corrected chi connectivity index (χ2v) is 6.58. The van der Waals surface area contributed by atoms with E-state index < -0.39 is 0 Å². The predicted octanol–water partition coefficient (Wildman–Crippen LogP) is 2.77. The first-order valence-electron chi connectivity index (χ1n) is 8.51. The van der Waals surface area contributed by atoms with Gasteiger partial charge in [-0.05, 0) is 37.1 Å². The molecule has 3 aromatic rings. The van der Waals surface area contributed by atoms with E-state index in [1.165, 1.54) is 0 Å². The van der Waals surface area contributed by atoms with Crippen LogP contribution in [0.5, 0.6) is 0 Å². The molecule has 0 saturated carbocycles. The van der Waals surface area contributed by atoms with Crippen LogP contribution >= 0.6 is 0 Å². The predicted molar refractivity (Wildman–Crippen MR) is 96.8 cm³/mol. The summed E-state index contributed by atoms with van der Waals surface area (Å²) in [6.45, 7) is 0.751. The van der Waals surface area contributed by atoms with Crippen LogP contribution in [0.2, 0.25) is 0 Å². The summed E-state index contributed by atoms with van der Waals surface area (Å²) in [6, 6.07) is 7.68. The van der Waals surface area contributed by atoms with Crippen LogP contribution in [0.1, 0.15) is 34.9 Å². The quantitative estimate of drug-likeness (QED) is 0.738. The molecule has 0 spiro atoms. The molecule has 4 rings (SSSR count). The zero-order valence-electron chi connectivity index (χ0n) is 14.5. The minimum absolute atomic E-state index is 0.00166. The van der Waals surface area contributed by atoms with Gasteiger partial charge in [0, 0.05) is 45.4 Å². The number of fused-ring (bicyclic) bond motifs is 1. The number of anilines is 1. The van der Waals surface area contributed by atoms with Crippen LogP contribution < -0.4 is 4.90 Å². The Morgan fingerprint density at radius 2 is 2.16 bits per heavy atom. The van der Waals surface area contributed by atoms with Crippen LogP contribution in [0.3, 0.4) is 0 Å². The number of pyridine rings is 1. The van der Waals surface area contributed by atoms with Crippen molar-refractivity contribution >= 4 is 17.2 Å². The Hall–Kier alpha value is -2.89. The van der Waals surface area contributed by atoms with E-state index in [2.05, 4.69) is 15.5 Å². The van der Waals surface area contributed by atoms with Crippen molar-refractivity contribution in [3.63, 3.8) is 0 Å². The molecule has 128 valence electrons. The standard InChI is InChI=1S/C19H21N5O/c1-22(2)18-17-8-4-10-23(17)13-15(21-18)16-7-5-11-24(16)19(25)14-6-3-9-20-12-14/h3-4,6,8-10,12-13,16H,5,7,11H2,1-2H3/t16-/m1/s1. The highest BCUT2D eigenvalue weighted by Gasteiger charge is 2.32. The molecule has 0 bridgehead atoms. The number of carbonyl (C=O) groups is 1. The smallest absolute Gasteiger partial charge is 0.255 e. The molecule has 0 aliphatic carbocycles. The third-order valence-corrected chi connectivity index (χ3v) is 4.70. The Balaban J connectivity index is 1.73. The third kappa shape index (κ3) is 2.73. The van der Waals surface area contributed by atoms with Crippen LogP contribution in [-0.2, 0) is 0 Å². The van der Waals surface area contributed by atoms with Crippen LogP contribution in [-0.4, -0.2) is 45.8 Å². The van der Waals surface area contributed by atoms with E-state index in [1.807, 2.05) is 48.4 Å². The van der Waals surface area contributed by atoms with Gasteiger partial charge in [-0.3, -0.25) is 9.78 Å². The zero-order chi connectivity index (χ0) is 17.4. The molecule has 6 nitrogen and oxygen atoms in total. The number of hydrogen-bond acceptors (Lipinski definition) is 4. The van der Waals surface area contributed by atoms with Crippen molar-refractivity contribution in [2.45, 2.75) is 18.9 Å². The molecule has 0 unspecified atom stereocenters. The lowest BCUT2D eigenvalue weighted by molar-refractivity contribution is 0.0732. The molecule has 6 heteroatoms. The fourth-order valence-corrected chi connectivity index (χ4v) is 3.51. The van der Waals surface area contributed by atoms with Crippen LogP contribution in [0, 0.1) is 0 Å². The van der Waals surface area contributed by atoms with Crippen molar-refractivity contribution in [1.29, 1.82) is 0 Å². The molecule has 0 N–H and O–H groups in total. The van der Waals surface area contributed by atoms with Crippen molar-refractivity contribution in [3.05, 3.63) is 60.3 Å². The highest BCUT2D eigenvalue weighted by molar-refractivity contribution is 5.94. The van der Waals surface area contributed by atoms with Gasteiger partial charge in [-0.1, -0.05) is 0 Å². The Bertz CT molecular complexity index is 903. The third-order valence-electron chi connectivity index (χ3n) is 4.70. The maximum absolute atomic E-state index is 12.9.